The van der Waals surface area contributed by atoms with Crippen LogP contribution >= 0.6 is 23.2 Å². The van der Waals surface area contributed by atoms with Gasteiger partial charge in [0.1, 0.15) is 6.04 Å². The second-order valence-corrected chi connectivity index (χ2v) is 7.63. The van der Waals surface area contributed by atoms with Crippen LogP contribution in [0.15, 0.2) is 42.5 Å². The number of nitrogens with zero attached hydrogens (tertiary/aromatic N) is 1. The van der Waals surface area contributed by atoms with Crippen molar-refractivity contribution in [2.75, 3.05) is 48.3 Å². The first-order valence-electron chi connectivity index (χ1n) is 10.1. The summed E-state index contributed by atoms with van der Waals surface area (Å²) in [6.45, 7) is 4.63. The van der Waals surface area contributed by atoms with Crippen LogP contribution in [0.2, 0.25) is 0 Å². The number of aryl methyl sites for hydroxylation is 1. The SMILES string of the molecule is CCOC(=O)C(CO)Nc1ccccc1C(=O)c1ccc(C)c(N(CCCl)CCCl)c1. The van der Waals surface area contributed by atoms with Crippen molar-refractivity contribution in [3.05, 3.63) is 59.2 Å². The molecule has 0 heterocycles. The third kappa shape index (κ3) is 6.60. The van der Waals surface area contributed by atoms with Crippen LogP contribution in [0.5, 0.6) is 0 Å². The van der Waals surface area contributed by atoms with Crippen LogP contribution < -0.4 is 10.2 Å². The Kier molecular flexibility index (Phi) is 10.1. The van der Waals surface area contributed by atoms with Gasteiger partial charge < -0.3 is 20.1 Å². The number of nitrogens with one attached hydrogen (secondary N) is 1. The summed E-state index contributed by atoms with van der Waals surface area (Å²) in [5, 5.41) is 12.5. The number of ether oxygens (including phenoxy) is 1. The summed E-state index contributed by atoms with van der Waals surface area (Å²) < 4.78 is 4.98. The van der Waals surface area contributed by atoms with Crippen LogP contribution in [0.3, 0.4) is 0 Å². The molecule has 0 aromatic heterocycles. The number of alkyl halides is 2. The van der Waals surface area contributed by atoms with E-state index in [9.17, 15) is 14.7 Å². The van der Waals surface area contributed by atoms with E-state index >= 15 is 0 Å². The van der Waals surface area contributed by atoms with Crippen molar-refractivity contribution in [3.8, 4) is 0 Å². The number of aliphatic hydroxyl groups excluding tert-OH is 1. The lowest BCUT2D eigenvalue weighted by Gasteiger charge is -2.25. The molecule has 2 aromatic rings. The van der Waals surface area contributed by atoms with E-state index in [1.165, 1.54) is 0 Å². The van der Waals surface area contributed by atoms with Crippen molar-refractivity contribution >= 4 is 46.3 Å². The fraction of sp³-hybridized carbons (Fsp3) is 0.391. The Morgan fingerprint density at radius 2 is 1.81 bits per heavy atom. The molecule has 8 heteroatoms. The number of carbonyl (C=O) groups excluding carboxylic acids is 2. The number of hydrogen-bond donors (Lipinski definition) is 2. The van der Waals surface area contributed by atoms with E-state index in [0.717, 1.165) is 11.3 Å². The highest BCUT2D eigenvalue weighted by Gasteiger charge is 2.22. The summed E-state index contributed by atoms with van der Waals surface area (Å²) in [6.07, 6.45) is 0. The average molecular weight is 467 g/mol. The van der Waals surface area contributed by atoms with Gasteiger partial charge in [0.25, 0.3) is 0 Å². The maximum absolute atomic E-state index is 13.3. The number of ketones is 1. The molecule has 0 bridgehead atoms. The minimum Gasteiger partial charge on any atom is -0.464 e. The van der Waals surface area contributed by atoms with Gasteiger partial charge in [0.15, 0.2) is 5.78 Å². The van der Waals surface area contributed by atoms with Gasteiger partial charge in [0.05, 0.1) is 13.2 Å². The van der Waals surface area contributed by atoms with Gasteiger partial charge in [0, 0.05) is 47.4 Å². The van der Waals surface area contributed by atoms with E-state index in [2.05, 4.69) is 10.2 Å². The number of benzene rings is 2. The Morgan fingerprint density at radius 3 is 2.42 bits per heavy atom. The maximum Gasteiger partial charge on any atom is 0.330 e. The van der Waals surface area contributed by atoms with Gasteiger partial charge >= 0.3 is 5.97 Å². The van der Waals surface area contributed by atoms with Crippen LogP contribution in [-0.2, 0) is 9.53 Å². The quantitative estimate of drug-likeness (QED) is 0.281. The number of carbonyl (C=O) groups is 2. The van der Waals surface area contributed by atoms with E-state index in [0.29, 0.717) is 41.7 Å². The molecule has 0 aliphatic rings. The first-order valence-corrected chi connectivity index (χ1v) is 11.2. The molecule has 6 nitrogen and oxygen atoms in total. The number of halogens is 2. The Morgan fingerprint density at radius 1 is 1.13 bits per heavy atom. The van der Waals surface area contributed by atoms with Crippen molar-refractivity contribution in [1.29, 1.82) is 0 Å². The third-order valence-electron chi connectivity index (χ3n) is 4.78. The topological polar surface area (TPSA) is 78.9 Å². The van der Waals surface area contributed by atoms with Crippen molar-refractivity contribution in [2.24, 2.45) is 0 Å². The fourth-order valence-corrected chi connectivity index (χ4v) is 3.63. The lowest BCUT2D eigenvalue weighted by atomic mass is 9.99. The van der Waals surface area contributed by atoms with Crippen molar-refractivity contribution in [1.82, 2.24) is 0 Å². The smallest absolute Gasteiger partial charge is 0.330 e. The highest BCUT2D eigenvalue weighted by atomic mass is 35.5. The van der Waals surface area contributed by atoms with Gasteiger partial charge in [-0.1, -0.05) is 24.3 Å². The highest BCUT2D eigenvalue weighted by molar-refractivity contribution is 6.18. The molecule has 1 unspecified atom stereocenters. The van der Waals surface area contributed by atoms with Crippen LogP contribution in [0.1, 0.15) is 28.4 Å². The molecule has 1 atom stereocenters. The van der Waals surface area contributed by atoms with Crippen LogP contribution in [0.25, 0.3) is 0 Å². The second-order valence-electron chi connectivity index (χ2n) is 6.87. The number of rotatable bonds is 12. The standard InChI is InChI=1S/C23H28Cl2N2O4/c1-3-31-23(30)20(15-28)26-19-7-5-4-6-18(19)22(29)17-9-8-16(2)21(14-17)27(12-10-24)13-11-25/h4-9,14,20,26,28H,3,10-13,15H2,1-2H3. The molecule has 0 spiro atoms. The molecule has 2 aromatic carbocycles. The van der Waals surface area contributed by atoms with Gasteiger partial charge in [-0.2, -0.15) is 0 Å². The maximum atomic E-state index is 13.3. The molecular formula is C23H28Cl2N2O4. The van der Waals surface area contributed by atoms with Crippen molar-refractivity contribution < 1.29 is 19.4 Å². The Balaban J connectivity index is 2.37. The molecule has 2 N–H and O–H groups in total. The normalized spacial score (nSPS) is 11.6. The summed E-state index contributed by atoms with van der Waals surface area (Å²) >= 11 is 11.9. The van der Waals surface area contributed by atoms with E-state index in [-0.39, 0.29) is 12.4 Å². The van der Waals surface area contributed by atoms with E-state index in [1.807, 2.05) is 19.1 Å². The average Bonchev–Trinajstić information content (AvgIpc) is 2.77. The monoisotopic (exact) mass is 466 g/mol. The molecule has 0 saturated carbocycles. The van der Waals surface area contributed by atoms with Crippen molar-refractivity contribution in [3.63, 3.8) is 0 Å². The zero-order chi connectivity index (χ0) is 22.8. The number of hydrogen-bond acceptors (Lipinski definition) is 6. The van der Waals surface area contributed by atoms with Crippen LogP contribution in [0.4, 0.5) is 11.4 Å². The molecule has 0 saturated heterocycles. The minimum absolute atomic E-state index is 0.199. The minimum atomic E-state index is -0.967. The first-order chi connectivity index (χ1) is 15.0. The largest absolute Gasteiger partial charge is 0.464 e. The van der Waals surface area contributed by atoms with Gasteiger partial charge in [-0.15, -0.1) is 23.2 Å². The summed E-state index contributed by atoms with van der Waals surface area (Å²) in [6, 6.07) is 11.4. The lowest BCUT2D eigenvalue weighted by Crippen LogP contribution is -2.35. The summed E-state index contributed by atoms with van der Waals surface area (Å²) in [5.74, 6) is 0.0965. The Labute approximate surface area is 193 Å². The molecule has 0 amide bonds. The molecule has 0 aliphatic carbocycles. The van der Waals surface area contributed by atoms with E-state index in [4.69, 9.17) is 27.9 Å². The highest BCUT2D eigenvalue weighted by Crippen LogP contribution is 2.26. The fourth-order valence-electron chi connectivity index (χ4n) is 3.22. The van der Waals surface area contributed by atoms with Gasteiger partial charge in [0.2, 0.25) is 0 Å². The predicted octanol–water partition coefficient (Wildman–Crippen LogP) is 3.85. The molecule has 0 aliphatic heterocycles. The van der Waals surface area contributed by atoms with E-state index < -0.39 is 18.6 Å². The molecule has 168 valence electrons. The van der Waals surface area contributed by atoms with Gasteiger partial charge in [-0.3, -0.25) is 4.79 Å². The molecular weight excluding hydrogens is 439 g/mol. The molecule has 0 radical (unpaired) electrons. The lowest BCUT2D eigenvalue weighted by molar-refractivity contribution is -0.144. The first kappa shape index (κ1) is 25.0. The molecule has 2 rings (SSSR count). The van der Waals surface area contributed by atoms with Crippen molar-refractivity contribution in [2.45, 2.75) is 19.9 Å². The number of aliphatic hydroxyl groups is 1. The molecule has 0 fully saturated rings. The van der Waals surface area contributed by atoms with Crippen LogP contribution in [0, 0.1) is 6.92 Å². The number of esters is 1. The zero-order valence-electron chi connectivity index (χ0n) is 17.7. The Hall–Kier alpha value is -2.28. The third-order valence-corrected chi connectivity index (χ3v) is 5.11. The van der Waals surface area contributed by atoms with E-state index in [1.54, 1.807) is 37.3 Å². The summed E-state index contributed by atoms with van der Waals surface area (Å²) in [4.78, 5) is 27.5. The predicted molar refractivity (Wildman–Crippen MR) is 126 cm³/mol. The number of anilines is 2. The van der Waals surface area contributed by atoms with Crippen LogP contribution in [-0.4, -0.2) is 61.0 Å². The summed E-state index contributed by atoms with van der Waals surface area (Å²) in [7, 11) is 0. The zero-order valence-corrected chi connectivity index (χ0v) is 19.2. The second kappa shape index (κ2) is 12.5. The number of para-hydroxylation sites is 1. The Bertz CT molecular complexity index is 886. The van der Waals surface area contributed by atoms with Gasteiger partial charge in [-0.05, 0) is 37.6 Å². The molecule has 31 heavy (non-hydrogen) atoms. The van der Waals surface area contributed by atoms with Gasteiger partial charge in [-0.25, -0.2) is 4.79 Å². The summed E-state index contributed by atoms with van der Waals surface area (Å²) in [5.41, 5.74) is 3.25.